The predicted molar refractivity (Wildman–Crippen MR) is 142 cm³/mol. The minimum Gasteiger partial charge on any atom is -0.505 e. The molecule has 0 aromatic heterocycles. The van der Waals surface area contributed by atoms with Crippen LogP contribution in [0, 0.1) is 6.92 Å². The van der Waals surface area contributed by atoms with Gasteiger partial charge in [-0.2, -0.15) is 8.42 Å². The third-order valence-corrected chi connectivity index (χ3v) is 7.05. The van der Waals surface area contributed by atoms with Crippen molar-refractivity contribution >= 4 is 67.1 Å². The van der Waals surface area contributed by atoms with Crippen molar-refractivity contribution in [2.24, 2.45) is 10.2 Å². The molecular formula is C25H19Cl2N3O6S. The molecule has 0 saturated carbocycles. The predicted octanol–water partition coefficient (Wildman–Crippen LogP) is 7.08. The molecule has 190 valence electrons. The Morgan fingerprint density at radius 1 is 1.00 bits per heavy atom. The van der Waals surface area contributed by atoms with Crippen LogP contribution in [-0.2, 0) is 10.1 Å². The van der Waals surface area contributed by atoms with Gasteiger partial charge in [-0.05, 0) is 48.2 Å². The van der Waals surface area contributed by atoms with Crippen LogP contribution in [0.25, 0.3) is 10.8 Å². The summed E-state index contributed by atoms with van der Waals surface area (Å²) in [7, 11) is -3.25. The van der Waals surface area contributed by atoms with E-state index in [1.807, 2.05) is 0 Å². The molecule has 1 amide bonds. The van der Waals surface area contributed by atoms with E-state index in [1.165, 1.54) is 25.3 Å². The number of phenolic OH excluding ortho intramolecular Hbond substituents is 1. The smallest absolute Gasteiger partial charge is 0.296 e. The lowest BCUT2D eigenvalue weighted by Gasteiger charge is -2.13. The van der Waals surface area contributed by atoms with Gasteiger partial charge in [-0.25, -0.2) is 0 Å². The minimum absolute atomic E-state index is 0.0513. The van der Waals surface area contributed by atoms with Gasteiger partial charge in [0.2, 0.25) is 0 Å². The number of nitrogens with one attached hydrogen (secondary N) is 1. The Labute approximate surface area is 222 Å². The van der Waals surface area contributed by atoms with Crippen molar-refractivity contribution in [2.75, 3.05) is 12.4 Å². The van der Waals surface area contributed by atoms with Crippen LogP contribution in [0.1, 0.15) is 15.9 Å². The van der Waals surface area contributed by atoms with Gasteiger partial charge in [-0.1, -0.05) is 53.5 Å². The average molecular weight is 560 g/mol. The lowest BCUT2D eigenvalue weighted by atomic mass is 10.0. The summed E-state index contributed by atoms with van der Waals surface area (Å²) in [5, 5.41) is 23.0. The number of methoxy groups -OCH3 is 1. The van der Waals surface area contributed by atoms with Crippen molar-refractivity contribution in [3.63, 3.8) is 0 Å². The number of hydrogen-bond donors (Lipinski definition) is 3. The van der Waals surface area contributed by atoms with E-state index in [4.69, 9.17) is 27.9 Å². The Morgan fingerprint density at radius 3 is 2.41 bits per heavy atom. The van der Waals surface area contributed by atoms with E-state index in [9.17, 15) is 22.9 Å². The fourth-order valence-corrected chi connectivity index (χ4v) is 4.67. The largest absolute Gasteiger partial charge is 0.505 e. The summed E-state index contributed by atoms with van der Waals surface area (Å²) in [5.74, 6) is -0.851. The Hall–Kier alpha value is -3.70. The number of rotatable bonds is 6. The third kappa shape index (κ3) is 5.37. The van der Waals surface area contributed by atoms with Gasteiger partial charge in [0.1, 0.15) is 22.0 Å². The van der Waals surface area contributed by atoms with Crippen LogP contribution in [0.5, 0.6) is 11.5 Å². The number of fused-ring (bicyclic) bond motifs is 1. The molecule has 4 aromatic rings. The van der Waals surface area contributed by atoms with E-state index in [0.29, 0.717) is 27.1 Å². The zero-order chi connectivity index (χ0) is 26.9. The van der Waals surface area contributed by atoms with Crippen LogP contribution in [0.4, 0.5) is 17.1 Å². The van der Waals surface area contributed by atoms with Crippen molar-refractivity contribution < 1.29 is 27.6 Å². The summed E-state index contributed by atoms with van der Waals surface area (Å²) in [6.07, 6.45) is 0. The van der Waals surface area contributed by atoms with Gasteiger partial charge in [0.25, 0.3) is 16.0 Å². The number of azo groups is 1. The number of carbonyl (C=O) groups is 1. The van der Waals surface area contributed by atoms with Gasteiger partial charge in [0, 0.05) is 10.4 Å². The normalized spacial score (nSPS) is 11.7. The highest BCUT2D eigenvalue weighted by atomic mass is 35.5. The first-order valence-corrected chi connectivity index (χ1v) is 12.8. The lowest BCUT2D eigenvalue weighted by molar-refractivity contribution is 0.102. The minimum atomic E-state index is -4.68. The number of aryl methyl sites for hydroxylation is 1. The zero-order valence-electron chi connectivity index (χ0n) is 19.4. The number of ether oxygens (including phenoxy) is 1. The number of aromatic hydroxyl groups is 1. The van der Waals surface area contributed by atoms with Gasteiger partial charge in [0.05, 0.1) is 23.4 Å². The Balaban J connectivity index is 1.87. The number of halogens is 2. The number of hydrogen-bond acceptors (Lipinski definition) is 7. The van der Waals surface area contributed by atoms with Crippen LogP contribution < -0.4 is 10.1 Å². The Morgan fingerprint density at radius 2 is 1.70 bits per heavy atom. The van der Waals surface area contributed by atoms with Gasteiger partial charge in [0.15, 0.2) is 5.75 Å². The van der Waals surface area contributed by atoms with Gasteiger partial charge < -0.3 is 15.2 Å². The van der Waals surface area contributed by atoms with Gasteiger partial charge in [-0.3, -0.25) is 9.35 Å². The maximum absolute atomic E-state index is 13.2. The standard InChI is InChI=1S/C25H19Cl2N3O6S/c1-13-7-10-20(37(33,34)35)23(21(13)27)30-29-22-16-6-4-3-5-14(16)11-17(24(22)31)25(32)28-18-12-15(26)8-9-19(18)36-2/h3-12,31H,1-2H3,(H,28,32)(H,33,34,35). The molecule has 9 nitrogen and oxygen atoms in total. The molecule has 0 aliphatic heterocycles. The third-order valence-electron chi connectivity index (χ3n) is 5.45. The number of carbonyl (C=O) groups excluding carboxylic acids is 1. The van der Waals surface area contributed by atoms with Gasteiger partial charge in [-0.15, -0.1) is 10.2 Å². The molecule has 0 bridgehead atoms. The summed E-state index contributed by atoms with van der Waals surface area (Å²) in [4.78, 5) is 12.6. The maximum atomic E-state index is 13.2. The Kier molecular flexibility index (Phi) is 7.37. The van der Waals surface area contributed by atoms with Crippen LogP contribution in [0.15, 0.2) is 75.8 Å². The first-order chi connectivity index (χ1) is 17.5. The monoisotopic (exact) mass is 559 g/mol. The molecular weight excluding hydrogens is 541 g/mol. The molecule has 0 spiro atoms. The van der Waals surface area contributed by atoms with Crippen molar-refractivity contribution in [3.8, 4) is 11.5 Å². The van der Waals surface area contributed by atoms with Crippen LogP contribution in [0.3, 0.4) is 0 Å². The first kappa shape index (κ1) is 26.4. The molecule has 0 heterocycles. The second-order valence-corrected chi connectivity index (χ2v) is 10.1. The second kappa shape index (κ2) is 10.3. The average Bonchev–Trinajstić information content (AvgIpc) is 2.84. The number of benzene rings is 4. The molecule has 0 radical (unpaired) electrons. The fourth-order valence-electron chi connectivity index (χ4n) is 3.61. The zero-order valence-corrected chi connectivity index (χ0v) is 21.7. The van der Waals surface area contributed by atoms with Crippen molar-refractivity contribution in [1.82, 2.24) is 0 Å². The fraction of sp³-hybridized carbons (Fsp3) is 0.0800. The number of nitrogens with zero attached hydrogens (tertiary/aromatic N) is 2. The van der Waals surface area contributed by atoms with Gasteiger partial charge >= 0.3 is 0 Å². The highest BCUT2D eigenvalue weighted by Crippen LogP contribution is 2.42. The number of amides is 1. The molecule has 0 unspecified atom stereocenters. The Bertz CT molecular complexity index is 1690. The summed E-state index contributed by atoms with van der Waals surface area (Å²) in [5.41, 5.74) is 0.201. The molecule has 4 rings (SSSR count). The molecule has 37 heavy (non-hydrogen) atoms. The topological polar surface area (TPSA) is 138 Å². The van der Waals surface area contributed by atoms with E-state index < -0.39 is 26.7 Å². The van der Waals surface area contributed by atoms with E-state index >= 15 is 0 Å². The molecule has 0 aliphatic carbocycles. The second-order valence-electron chi connectivity index (χ2n) is 7.86. The molecule has 0 saturated heterocycles. The highest BCUT2D eigenvalue weighted by Gasteiger charge is 2.22. The maximum Gasteiger partial charge on any atom is 0.296 e. The number of anilines is 1. The summed E-state index contributed by atoms with van der Waals surface area (Å²) >= 11 is 12.3. The van der Waals surface area contributed by atoms with Crippen LogP contribution in [-0.4, -0.2) is 31.1 Å². The van der Waals surface area contributed by atoms with E-state index in [-0.39, 0.29) is 27.6 Å². The summed E-state index contributed by atoms with van der Waals surface area (Å²) < 4.78 is 38.6. The summed E-state index contributed by atoms with van der Waals surface area (Å²) in [6.45, 7) is 1.62. The van der Waals surface area contributed by atoms with Crippen LogP contribution >= 0.6 is 23.2 Å². The van der Waals surface area contributed by atoms with E-state index in [0.717, 1.165) is 6.07 Å². The first-order valence-electron chi connectivity index (χ1n) is 10.6. The van der Waals surface area contributed by atoms with E-state index in [2.05, 4.69) is 15.5 Å². The van der Waals surface area contributed by atoms with Crippen molar-refractivity contribution in [1.29, 1.82) is 0 Å². The highest BCUT2D eigenvalue weighted by molar-refractivity contribution is 7.86. The molecule has 0 fully saturated rings. The van der Waals surface area contributed by atoms with Crippen molar-refractivity contribution in [3.05, 3.63) is 81.8 Å². The molecule has 0 atom stereocenters. The lowest BCUT2D eigenvalue weighted by Crippen LogP contribution is -2.13. The van der Waals surface area contributed by atoms with E-state index in [1.54, 1.807) is 43.3 Å². The van der Waals surface area contributed by atoms with Crippen molar-refractivity contribution in [2.45, 2.75) is 11.8 Å². The van der Waals surface area contributed by atoms with Crippen LogP contribution in [0.2, 0.25) is 10.0 Å². The number of phenols is 1. The molecule has 4 aromatic carbocycles. The molecule has 0 aliphatic rings. The molecule has 12 heteroatoms. The summed E-state index contributed by atoms with van der Waals surface area (Å²) in [6, 6.07) is 15.5. The quantitative estimate of drug-likeness (QED) is 0.170. The SMILES string of the molecule is COc1ccc(Cl)cc1NC(=O)c1cc2ccccc2c(N=Nc2c(S(=O)(=O)O)ccc(C)c2Cl)c1O. The molecule has 3 N–H and O–H groups in total.